The van der Waals surface area contributed by atoms with Gasteiger partial charge in [-0.1, -0.05) is 43.7 Å². The van der Waals surface area contributed by atoms with Crippen LogP contribution >= 0.6 is 0 Å². The van der Waals surface area contributed by atoms with E-state index in [0.29, 0.717) is 12.0 Å². The van der Waals surface area contributed by atoms with Crippen LogP contribution in [0.25, 0.3) is 0 Å². The third kappa shape index (κ3) is 4.95. The Kier molecular flexibility index (Phi) is 6.32. The first-order valence-corrected chi connectivity index (χ1v) is 9.64. The van der Waals surface area contributed by atoms with Crippen molar-refractivity contribution < 1.29 is 9.90 Å². The van der Waals surface area contributed by atoms with Gasteiger partial charge in [0.2, 0.25) is 0 Å². The van der Waals surface area contributed by atoms with E-state index in [-0.39, 0.29) is 6.04 Å². The summed E-state index contributed by atoms with van der Waals surface area (Å²) in [5.41, 5.74) is 1.39. The lowest BCUT2D eigenvalue weighted by molar-refractivity contribution is 0.187. The van der Waals surface area contributed by atoms with E-state index < -0.39 is 6.09 Å². The number of hydrogen-bond donors (Lipinski definition) is 3. The maximum atomic E-state index is 10.9. The van der Waals surface area contributed by atoms with Gasteiger partial charge in [0.15, 0.2) is 0 Å². The maximum absolute atomic E-state index is 10.9. The average molecular weight is 345 g/mol. The van der Waals surface area contributed by atoms with E-state index in [1.165, 1.54) is 24.9 Å². The minimum absolute atomic E-state index is 0.0170. The molecule has 1 aliphatic carbocycles. The second kappa shape index (κ2) is 8.68. The first kappa shape index (κ1) is 18.2. The third-order valence-electron chi connectivity index (χ3n) is 5.77. The van der Waals surface area contributed by atoms with Crippen LogP contribution in [0.15, 0.2) is 30.3 Å². The molecule has 25 heavy (non-hydrogen) atoms. The molecular formula is C20H31N3O2. The van der Waals surface area contributed by atoms with Crippen LogP contribution < -0.4 is 10.6 Å². The smallest absolute Gasteiger partial charge is 0.404 e. The van der Waals surface area contributed by atoms with Gasteiger partial charge in [-0.05, 0) is 36.7 Å². The highest BCUT2D eigenvalue weighted by atomic mass is 16.4. The highest BCUT2D eigenvalue weighted by Gasteiger charge is 2.42. The largest absolute Gasteiger partial charge is 0.465 e. The average Bonchev–Trinajstić information content (AvgIpc) is 3.14. The lowest BCUT2D eigenvalue weighted by Gasteiger charge is -2.25. The van der Waals surface area contributed by atoms with Gasteiger partial charge in [0.1, 0.15) is 0 Å². The lowest BCUT2D eigenvalue weighted by Crippen LogP contribution is -2.46. The second-order valence-electron chi connectivity index (χ2n) is 7.63. The lowest BCUT2D eigenvalue weighted by atomic mass is 9.97. The van der Waals surface area contributed by atoms with E-state index in [2.05, 4.69) is 52.8 Å². The molecule has 3 N–H and O–H groups in total. The van der Waals surface area contributed by atoms with E-state index in [1.54, 1.807) is 0 Å². The van der Waals surface area contributed by atoms with Crippen LogP contribution in [0.4, 0.5) is 4.79 Å². The summed E-state index contributed by atoms with van der Waals surface area (Å²) in [5, 5.41) is 15.3. The molecule has 2 fully saturated rings. The van der Waals surface area contributed by atoms with Crippen LogP contribution in [0.3, 0.4) is 0 Å². The number of amides is 1. The quantitative estimate of drug-likeness (QED) is 0.678. The summed E-state index contributed by atoms with van der Waals surface area (Å²) in [6.45, 7) is 6.23. The molecule has 0 aromatic heterocycles. The number of benzene rings is 1. The van der Waals surface area contributed by atoms with Crippen LogP contribution in [-0.2, 0) is 6.54 Å². The van der Waals surface area contributed by atoms with Crippen LogP contribution in [0, 0.1) is 11.8 Å². The summed E-state index contributed by atoms with van der Waals surface area (Å²) in [7, 11) is 0. The van der Waals surface area contributed by atoms with Crippen LogP contribution in [0.1, 0.15) is 38.2 Å². The molecule has 1 saturated heterocycles. The van der Waals surface area contributed by atoms with Gasteiger partial charge in [0, 0.05) is 38.3 Å². The SMILES string of the molecule is CCCC(CN[C@H]1CC[C@@H]2CN(Cc3ccccc3)C[C@@H]21)NC(=O)O. The molecule has 2 aliphatic rings. The molecular weight excluding hydrogens is 314 g/mol. The summed E-state index contributed by atoms with van der Waals surface area (Å²) in [4.78, 5) is 13.5. The first-order valence-electron chi connectivity index (χ1n) is 9.64. The molecule has 138 valence electrons. The highest BCUT2D eigenvalue weighted by Crippen LogP contribution is 2.38. The zero-order valence-corrected chi connectivity index (χ0v) is 15.2. The Balaban J connectivity index is 1.49. The summed E-state index contributed by atoms with van der Waals surface area (Å²) in [6.07, 6.45) is 3.48. The van der Waals surface area contributed by atoms with Gasteiger partial charge >= 0.3 is 6.09 Å². The summed E-state index contributed by atoms with van der Waals surface area (Å²) in [5.74, 6) is 1.49. The fraction of sp³-hybridized carbons (Fsp3) is 0.650. The first-order chi connectivity index (χ1) is 12.2. The molecule has 1 amide bonds. The zero-order chi connectivity index (χ0) is 17.6. The van der Waals surface area contributed by atoms with E-state index >= 15 is 0 Å². The van der Waals surface area contributed by atoms with Crippen LogP contribution in [0.5, 0.6) is 0 Å². The van der Waals surface area contributed by atoms with Gasteiger partial charge in [0.25, 0.3) is 0 Å². The highest BCUT2D eigenvalue weighted by molar-refractivity contribution is 5.64. The molecule has 1 aromatic rings. The predicted octanol–water partition coefficient (Wildman–Crippen LogP) is 2.92. The molecule has 5 nitrogen and oxygen atoms in total. The molecule has 0 radical (unpaired) electrons. The Bertz CT molecular complexity index is 551. The molecule has 0 bridgehead atoms. The van der Waals surface area contributed by atoms with Crippen LogP contribution in [0.2, 0.25) is 0 Å². The number of carboxylic acid groups (broad SMARTS) is 1. The van der Waals surface area contributed by atoms with Gasteiger partial charge in [-0.2, -0.15) is 0 Å². The minimum atomic E-state index is -0.917. The van der Waals surface area contributed by atoms with Crippen molar-refractivity contribution in [1.82, 2.24) is 15.5 Å². The zero-order valence-electron chi connectivity index (χ0n) is 15.2. The number of hydrogen-bond acceptors (Lipinski definition) is 3. The van der Waals surface area contributed by atoms with Gasteiger partial charge in [-0.25, -0.2) is 4.79 Å². The molecule has 4 atom stereocenters. The Morgan fingerprint density at radius 1 is 1.28 bits per heavy atom. The Morgan fingerprint density at radius 2 is 2.08 bits per heavy atom. The second-order valence-corrected chi connectivity index (χ2v) is 7.63. The standard InChI is InChI=1S/C20H31N3O2/c1-2-6-17(22-20(24)25)11-21-19-10-9-16-13-23(14-18(16)19)12-15-7-4-3-5-8-15/h3-5,7-8,16-19,21-22H,2,6,9-14H2,1H3,(H,24,25)/t16-,17?,18+,19+/m1/s1. The molecule has 1 heterocycles. The Morgan fingerprint density at radius 3 is 2.80 bits per heavy atom. The van der Waals surface area contributed by atoms with E-state index in [0.717, 1.165) is 38.4 Å². The summed E-state index contributed by atoms with van der Waals surface area (Å²) < 4.78 is 0. The number of nitrogens with zero attached hydrogens (tertiary/aromatic N) is 1. The van der Waals surface area contributed by atoms with Gasteiger partial charge in [0.05, 0.1) is 0 Å². The summed E-state index contributed by atoms with van der Waals surface area (Å²) >= 11 is 0. The molecule has 1 aromatic carbocycles. The summed E-state index contributed by atoms with van der Waals surface area (Å²) in [6, 6.07) is 11.2. The number of fused-ring (bicyclic) bond motifs is 1. The molecule has 5 heteroatoms. The van der Waals surface area contributed by atoms with Crippen molar-refractivity contribution >= 4 is 6.09 Å². The number of rotatable bonds is 8. The number of likely N-dealkylation sites (tertiary alicyclic amines) is 1. The van der Waals surface area contributed by atoms with E-state index in [1.807, 2.05) is 0 Å². The van der Waals surface area contributed by atoms with Crippen molar-refractivity contribution in [1.29, 1.82) is 0 Å². The number of nitrogens with one attached hydrogen (secondary N) is 2. The van der Waals surface area contributed by atoms with Crippen molar-refractivity contribution in [2.45, 2.75) is 51.2 Å². The van der Waals surface area contributed by atoms with E-state index in [4.69, 9.17) is 5.11 Å². The molecule has 0 spiro atoms. The van der Waals surface area contributed by atoms with Crippen LogP contribution in [-0.4, -0.2) is 47.8 Å². The monoisotopic (exact) mass is 345 g/mol. The topological polar surface area (TPSA) is 64.6 Å². The van der Waals surface area contributed by atoms with Gasteiger partial charge < -0.3 is 15.7 Å². The predicted molar refractivity (Wildman–Crippen MR) is 99.6 cm³/mol. The maximum Gasteiger partial charge on any atom is 0.404 e. The third-order valence-corrected chi connectivity index (χ3v) is 5.77. The Labute approximate surface area is 150 Å². The normalized spacial score (nSPS) is 27.2. The van der Waals surface area contributed by atoms with Gasteiger partial charge in [-0.3, -0.25) is 4.90 Å². The van der Waals surface area contributed by atoms with Crippen molar-refractivity contribution in [2.24, 2.45) is 11.8 Å². The fourth-order valence-corrected chi connectivity index (χ4v) is 4.62. The molecule has 1 aliphatic heterocycles. The molecule has 1 saturated carbocycles. The molecule has 3 rings (SSSR count). The van der Waals surface area contributed by atoms with Crippen molar-refractivity contribution in [3.63, 3.8) is 0 Å². The fourth-order valence-electron chi connectivity index (χ4n) is 4.62. The van der Waals surface area contributed by atoms with Crippen molar-refractivity contribution in [2.75, 3.05) is 19.6 Å². The van der Waals surface area contributed by atoms with Crippen molar-refractivity contribution in [3.8, 4) is 0 Å². The Hall–Kier alpha value is -1.59. The minimum Gasteiger partial charge on any atom is -0.465 e. The molecule has 1 unspecified atom stereocenters. The van der Waals surface area contributed by atoms with Crippen molar-refractivity contribution in [3.05, 3.63) is 35.9 Å². The van der Waals surface area contributed by atoms with Gasteiger partial charge in [-0.15, -0.1) is 0 Å². The number of carbonyl (C=O) groups is 1. The van der Waals surface area contributed by atoms with E-state index in [9.17, 15) is 4.79 Å².